The van der Waals surface area contributed by atoms with E-state index in [4.69, 9.17) is 0 Å². The summed E-state index contributed by atoms with van der Waals surface area (Å²) in [6, 6.07) is 5.44. The van der Waals surface area contributed by atoms with E-state index < -0.39 is 6.10 Å². The number of benzene rings is 1. The summed E-state index contributed by atoms with van der Waals surface area (Å²) in [5, 5.41) is 16.0. The molecule has 3 atom stereocenters. The first-order valence-corrected chi connectivity index (χ1v) is 8.02. The molecule has 0 radical (unpaired) electrons. The van der Waals surface area contributed by atoms with Gasteiger partial charge in [0.25, 0.3) is 5.91 Å². The minimum atomic E-state index is -1.06. The van der Waals surface area contributed by atoms with E-state index in [1.54, 1.807) is 19.2 Å². The summed E-state index contributed by atoms with van der Waals surface area (Å²) < 4.78 is 0. The molecule has 0 spiro atoms. The molecule has 3 N–H and O–H groups in total. The normalized spacial score (nSPS) is 14.6. The summed E-state index contributed by atoms with van der Waals surface area (Å²) in [6.45, 7) is 11.5. The van der Waals surface area contributed by atoms with E-state index in [9.17, 15) is 9.90 Å². The molecule has 3 unspecified atom stereocenters. The predicted octanol–water partition coefficient (Wildman–Crippen LogP) is 2.90. The minimum Gasteiger partial charge on any atom is -0.382 e. The maximum absolute atomic E-state index is 12.2. The Morgan fingerprint density at radius 3 is 2.48 bits per heavy atom. The third-order valence-electron chi connectivity index (χ3n) is 4.03. The Morgan fingerprint density at radius 2 is 1.96 bits per heavy atom. The molecule has 1 amide bonds. The molecule has 4 heteroatoms. The highest BCUT2D eigenvalue weighted by Crippen LogP contribution is 2.20. The van der Waals surface area contributed by atoms with Gasteiger partial charge >= 0.3 is 0 Å². The van der Waals surface area contributed by atoms with Crippen molar-refractivity contribution in [2.24, 2.45) is 0 Å². The van der Waals surface area contributed by atoms with E-state index in [-0.39, 0.29) is 18.0 Å². The number of hydrogen-bond acceptors (Lipinski definition) is 3. The van der Waals surface area contributed by atoms with Gasteiger partial charge in [-0.15, -0.1) is 0 Å². The van der Waals surface area contributed by atoms with Gasteiger partial charge in [-0.25, -0.2) is 0 Å². The largest absolute Gasteiger partial charge is 0.382 e. The minimum absolute atomic E-state index is 0.200. The third kappa shape index (κ3) is 5.05. The second-order valence-corrected chi connectivity index (χ2v) is 5.66. The third-order valence-corrected chi connectivity index (χ3v) is 4.03. The van der Waals surface area contributed by atoms with Gasteiger partial charge in [0, 0.05) is 6.04 Å². The molecule has 0 saturated carbocycles. The van der Waals surface area contributed by atoms with Crippen LogP contribution in [0.15, 0.2) is 31.4 Å². The first kappa shape index (κ1) is 19.1. The standard InChI is InChI=1S/C19H28N2O2/c1-6-9-17(20-5)18(22)19(23)21-13(4)16-11-10-14(7-2)15(8-3)12-16/h7-8,10-13,17-18,20,22H,2-3,6,9H2,1,4-5H3,(H,21,23). The molecule has 0 aliphatic rings. The van der Waals surface area contributed by atoms with Crippen molar-refractivity contribution in [1.82, 2.24) is 10.6 Å². The second-order valence-electron chi connectivity index (χ2n) is 5.66. The van der Waals surface area contributed by atoms with Gasteiger partial charge in [-0.05, 0) is 43.1 Å². The predicted molar refractivity (Wildman–Crippen MR) is 96.9 cm³/mol. The summed E-state index contributed by atoms with van der Waals surface area (Å²) in [4.78, 5) is 12.2. The number of rotatable bonds is 9. The van der Waals surface area contributed by atoms with E-state index in [1.165, 1.54) is 0 Å². The van der Waals surface area contributed by atoms with Crippen molar-refractivity contribution in [2.45, 2.75) is 44.9 Å². The van der Waals surface area contributed by atoms with Gasteiger partial charge < -0.3 is 15.7 Å². The molecule has 0 fully saturated rings. The number of carbonyl (C=O) groups excluding carboxylic acids is 1. The first-order chi connectivity index (χ1) is 11.0. The van der Waals surface area contributed by atoms with Crippen molar-refractivity contribution in [3.63, 3.8) is 0 Å². The number of carbonyl (C=O) groups is 1. The van der Waals surface area contributed by atoms with E-state index >= 15 is 0 Å². The van der Waals surface area contributed by atoms with Gasteiger partial charge in [0.1, 0.15) is 6.10 Å². The number of likely N-dealkylation sites (N-methyl/N-ethyl adjacent to an activating group) is 1. The van der Waals surface area contributed by atoms with Crippen LogP contribution in [0, 0.1) is 0 Å². The Hall–Kier alpha value is -1.91. The van der Waals surface area contributed by atoms with Crippen LogP contribution in [0.2, 0.25) is 0 Å². The monoisotopic (exact) mass is 316 g/mol. The lowest BCUT2D eigenvalue weighted by Gasteiger charge is -2.23. The van der Waals surface area contributed by atoms with Crippen LogP contribution in [-0.2, 0) is 4.79 Å². The van der Waals surface area contributed by atoms with Gasteiger partial charge in [-0.1, -0.05) is 50.8 Å². The number of aliphatic hydroxyl groups is 1. The molecular weight excluding hydrogens is 288 g/mol. The van der Waals surface area contributed by atoms with Gasteiger partial charge in [0.2, 0.25) is 0 Å². The summed E-state index contributed by atoms with van der Waals surface area (Å²) in [5.41, 5.74) is 2.93. The molecule has 0 aliphatic carbocycles. The number of aliphatic hydroxyl groups excluding tert-OH is 1. The quantitative estimate of drug-likeness (QED) is 0.656. The van der Waals surface area contributed by atoms with E-state index in [0.717, 1.165) is 29.5 Å². The molecule has 4 nitrogen and oxygen atoms in total. The fourth-order valence-electron chi connectivity index (χ4n) is 2.56. The average molecular weight is 316 g/mol. The van der Waals surface area contributed by atoms with Crippen molar-refractivity contribution in [3.05, 3.63) is 48.0 Å². The van der Waals surface area contributed by atoms with Crippen LogP contribution in [0.1, 0.15) is 49.4 Å². The van der Waals surface area contributed by atoms with E-state index in [0.29, 0.717) is 0 Å². The second kappa shape index (κ2) is 9.28. The SMILES string of the molecule is C=Cc1ccc(C(C)NC(=O)C(O)C(CCC)NC)cc1C=C. The molecule has 1 aromatic rings. The van der Waals surface area contributed by atoms with Crippen LogP contribution in [0.5, 0.6) is 0 Å². The maximum atomic E-state index is 12.2. The highest BCUT2D eigenvalue weighted by Gasteiger charge is 2.25. The van der Waals surface area contributed by atoms with Crippen molar-refractivity contribution in [3.8, 4) is 0 Å². The summed E-state index contributed by atoms with van der Waals surface area (Å²) in [5.74, 6) is -0.363. The molecular formula is C19H28N2O2. The molecule has 0 aliphatic heterocycles. The highest BCUT2D eigenvalue weighted by molar-refractivity contribution is 5.81. The van der Waals surface area contributed by atoms with Crippen LogP contribution in [-0.4, -0.2) is 30.2 Å². The zero-order valence-electron chi connectivity index (χ0n) is 14.3. The van der Waals surface area contributed by atoms with Crippen LogP contribution in [0.25, 0.3) is 12.2 Å². The fraction of sp³-hybridized carbons (Fsp3) is 0.421. The van der Waals surface area contributed by atoms with Crippen molar-refractivity contribution in [1.29, 1.82) is 0 Å². The zero-order valence-corrected chi connectivity index (χ0v) is 14.3. The molecule has 1 aromatic carbocycles. The lowest BCUT2D eigenvalue weighted by Crippen LogP contribution is -2.48. The van der Waals surface area contributed by atoms with Crippen LogP contribution < -0.4 is 10.6 Å². The molecule has 0 aromatic heterocycles. The van der Waals surface area contributed by atoms with Crippen molar-refractivity contribution < 1.29 is 9.90 Å². The summed E-state index contributed by atoms with van der Waals surface area (Å²) >= 11 is 0. The Balaban J connectivity index is 2.82. The Bertz CT molecular complexity index is 554. The molecule has 126 valence electrons. The van der Waals surface area contributed by atoms with Crippen molar-refractivity contribution >= 4 is 18.1 Å². The average Bonchev–Trinajstić information content (AvgIpc) is 2.58. The van der Waals surface area contributed by atoms with Crippen LogP contribution in [0.3, 0.4) is 0 Å². The summed E-state index contributed by atoms with van der Waals surface area (Å²) in [7, 11) is 1.75. The van der Waals surface area contributed by atoms with Crippen LogP contribution in [0.4, 0.5) is 0 Å². The van der Waals surface area contributed by atoms with Gasteiger partial charge in [-0.2, -0.15) is 0 Å². The van der Waals surface area contributed by atoms with Crippen LogP contribution >= 0.6 is 0 Å². The zero-order chi connectivity index (χ0) is 17.4. The molecule has 0 heterocycles. The van der Waals surface area contributed by atoms with Gasteiger partial charge in [-0.3, -0.25) is 4.79 Å². The van der Waals surface area contributed by atoms with Gasteiger partial charge in [0.15, 0.2) is 0 Å². The number of nitrogens with one attached hydrogen (secondary N) is 2. The topological polar surface area (TPSA) is 61.4 Å². The first-order valence-electron chi connectivity index (χ1n) is 8.02. The lowest BCUT2D eigenvalue weighted by molar-refractivity contribution is -0.131. The van der Waals surface area contributed by atoms with E-state index in [2.05, 4.69) is 23.8 Å². The Kier molecular flexibility index (Phi) is 7.72. The Morgan fingerprint density at radius 1 is 1.30 bits per heavy atom. The number of hydrogen-bond donors (Lipinski definition) is 3. The molecule has 1 rings (SSSR count). The maximum Gasteiger partial charge on any atom is 0.250 e. The summed E-state index contributed by atoms with van der Waals surface area (Å²) in [6.07, 6.45) is 4.12. The lowest BCUT2D eigenvalue weighted by atomic mass is 9.99. The number of amides is 1. The smallest absolute Gasteiger partial charge is 0.250 e. The Labute approximate surface area is 139 Å². The van der Waals surface area contributed by atoms with E-state index in [1.807, 2.05) is 32.0 Å². The highest BCUT2D eigenvalue weighted by atomic mass is 16.3. The van der Waals surface area contributed by atoms with Crippen molar-refractivity contribution in [2.75, 3.05) is 7.05 Å². The molecule has 0 bridgehead atoms. The molecule has 23 heavy (non-hydrogen) atoms. The van der Waals surface area contributed by atoms with Gasteiger partial charge in [0.05, 0.1) is 6.04 Å². The molecule has 0 saturated heterocycles. The fourth-order valence-corrected chi connectivity index (χ4v) is 2.56.